The van der Waals surface area contributed by atoms with E-state index in [4.69, 9.17) is 4.98 Å². The second-order valence-corrected chi connectivity index (χ2v) is 9.39. The zero-order chi connectivity index (χ0) is 23.7. The van der Waals surface area contributed by atoms with Gasteiger partial charge in [0.25, 0.3) is 0 Å². The Morgan fingerprint density at radius 2 is 1.14 bits per heavy atom. The summed E-state index contributed by atoms with van der Waals surface area (Å²) in [4.78, 5) is 9.78. The van der Waals surface area contributed by atoms with Crippen LogP contribution in [0.25, 0.3) is 11.0 Å². The van der Waals surface area contributed by atoms with E-state index in [2.05, 4.69) is 131 Å². The van der Waals surface area contributed by atoms with Crippen molar-refractivity contribution in [3.63, 3.8) is 0 Å². The first-order valence-corrected chi connectivity index (χ1v) is 12.3. The highest BCUT2D eigenvalue weighted by Crippen LogP contribution is 2.42. The zero-order valence-corrected chi connectivity index (χ0v) is 20.1. The summed E-state index contributed by atoms with van der Waals surface area (Å²) in [5.41, 5.74) is 6.48. The minimum atomic E-state index is -0.556. The number of imidazole rings is 1. The monoisotopic (exact) mass is 458 g/mol. The molecule has 0 N–H and O–H groups in total. The summed E-state index contributed by atoms with van der Waals surface area (Å²) >= 11 is 0. The highest BCUT2D eigenvalue weighted by atomic mass is 15.2. The van der Waals surface area contributed by atoms with Gasteiger partial charge in [0.15, 0.2) is 0 Å². The second kappa shape index (κ2) is 9.05. The van der Waals surface area contributed by atoms with Crippen molar-refractivity contribution in [1.82, 2.24) is 14.5 Å². The van der Waals surface area contributed by atoms with Crippen LogP contribution in [0, 0.1) is 0 Å². The number of hydrogen-bond donors (Lipinski definition) is 0. The van der Waals surface area contributed by atoms with E-state index in [1.165, 1.54) is 22.4 Å². The first-order chi connectivity index (χ1) is 17.3. The maximum atomic E-state index is 4.90. The Hall–Kier alpha value is -3.89. The summed E-state index contributed by atoms with van der Waals surface area (Å²) in [6, 6.07) is 39.2. The molecule has 5 aromatic rings. The van der Waals surface area contributed by atoms with Crippen molar-refractivity contribution in [3.8, 4) is 0 Å². The molecule has 0 bridgehead atoms. The van der Waals surface area contributed by atoms with Gasteiger partial charge in [-0.15, -0.1) is 0 Å². The maximum Gasteiger partial charge on any atom is 0.122 e. The van der Waals surface area contributed by atoms with Gasteiger partial charge in [-0.25, -0.2) is 4.98 Å². The van der Waals surface area contributed by atoms with E-state index < -0.39 is 5.54 Å². The third-order valence-corrected chi connectivity index (χ3v) is 7.34. The topological polar surface area (TPSA) is 24.3 Å². The molecule has 0 aliphatic carbocycles. The van der Waals surface area contributed by atoms with Gasteiger partial charge in [0.1, 0.15) is 5.54 Å². The Bertz CT molecular complexity index is 1310. The number of benzene rings is 4. The molecule has 174 valence electrons. The molecule has 4 heteroatoms. The lowest BCUT2D eigenvalue weighted by molar-refractivity contribution is 0.313. The summed E-state index contributed by atoms with van der Waals surface area (Å²) in [5.74, 6) is 0. The molecule has 1 aliphatic heterocycles. The number of nitrogens with zero attached hydrogens (tertiary/aromatic N) is 4. The van der Waals surface area contributed by atoms with Crippen LogP contribution in [0.1, 0.15) is 16.7 Å². The van der Waals surface area contributed by atoms with Gasteiger partial charge in [-0.05, 0) is 41.9 Å². The van der Waals surface area contributed by atoms with Crippen LogP contribution in [0.5, 0.6) is 0 Å². The average molecular weight is 459 g/mol. The number of hydrogen-bond acceptors (Lipinski definition) is 3. The van der Waals surface area contributed by atoms with Crippen LogP contribution in [-0.2, 0) is 5.54 Å². The third-order valence-electron chi connectivity index (χ3n) is 7.34. The standard InChI is InChI=1S/C31H30N4/c1-33-19-21-34(22-20-33)28-17-18-29-30(23-28)35(24-32-29)31(25-11-5-2-6-12-25,26-13-7-3-8-14-26)27-15-9-4-10-16-27/h2-18,23-24H,19-22H2,1H3. The molecule has 0 saturated carbocycles. The van der Waals surface area contributed by atoms with Crippen LogP contribution in [-0.4, -0.2) is 47.7 Å². The minimum Gasteiger partial charge on any atom is -0.369 e. The Kier molecular flexibility index (Phi) is 5.59. The Labute approximate surface area is 207 Å². The summed E-state index contributed by atoms with van der Waals surface area (Å²) in [7, 11) is 2.20. The van der Waals surface area contributed by atoms with E-state index in [0.717, 1.165) is 37.2 Å². The highest BCUT2D eigenvalue weighted by Gasteiger charge is 2.39. The molecule has 2 heterocycles. The summed E-state index contributed by atoms with van der Waals surface area (Å²) in [6.45, 7) is 4.24. The first kappa shape index (κ1) is 21.6. The highest BCUT2D eigenvalue weighted by molar-refractivity contribution is 5.81. The molecule has 0 radical (unpaired) electrons. The Morgan fingerprint density at radius 3 is 1.66 bits per heavy atom. The van der Waals surface area contributed by atoms with Crippen molar-refractivity contribution < 1.29 is 0 Å². The van der Waals surface area contributed by atoms with Gasteiger partial charge in [-0.1, -0.05) is 91.0 Å². The number of piperazine rings is 1. The lowest BCUT2D eigenvalue weighted by atomic mass is 9.76. The van der Waals surface area contributed by atoms with E-state index in [0.29, 0.717) is 0 Å². The van der Waals surface area contributed by atoms with Crippen LogP contribution in [0.2, 0.25) is 0 Å². The number of fused-ring (bicyclic) bond motifs is 1. The van der Waals surface area contributed by atoms with E-state index in [1.54, 1.807) is 0 Å². The first-order valence-electron chi connectivity index (χ1n) is 12.3. The molecule has 0 unspecified atom stereocenters. The van der Waals surface area contributed by atoms with Crippen LogP contribution in [0.3, 0.4) is 0 Å². The van der Waals surface area contributed by atoms with Crippen molar-refractivity contribution in [2.24, 2.45) is 0 Å². The average Bonchev–Trinajstić information content (AvgIpc) is 3.35. The normalized spacial score (nSPS) is 14.9. The predicted octanol–water partition coefficient (Wildman–Crippen LogP) is 5.63. The second-order valence-electron chi connectivity index (χ2n) is 9.39. The number of anilines is 1. The third kappa shape index (κ3) is 3.71. The van der Waals surface area contributed by atoms with E-state index in [-0.39, 0.29) is 0 Å². The number of likely N-dealkylation sites (N-methyl/N-ethyl adjacent to an activating group) is 1. The van der Waals surface area contributed by atoms with Crippen molar-refractivity contribution in [2.45, 2.75) is 5.54 Å². The molecule has 1 fully saturated rings. The van der Waals surface area contributed by atoms with Gasteiger partial charge in [0.05, 0.1) is 17.4 Å². The van der Waals surface area contributed by atoms with Gasteiger partial charge >= 0.3 is 0 Å². The van der Waals surface area contributed by atoms with Gasteiger partial charge in [-0.2, -0.15) is 0 Å². The van der Waals surface area contributed by atoms with Gasteiger partial charge in [0, 0.05) is 31.9 Å². The molecular formula is C31H30N4. The van der Waals surface area contributed by atoms with E-state index >= 15 is 0 Å². The lowest BCUT2D eigenvalue weighted by Gasteiger charge is -2.38. The summed E-state index contributed by atoms with van der Waals surface area (Å²) in [6.07, 6.45) is 2.02. The van der Waals surface area contributed by atoms with Crippen molar-refractivity contribution in [2.75, 3.05) is 38.1 Å². The quantitative estimate of drug-likeness (QED) is 0.319. The molecule has 0 spiro atoms. The van der Waals surface area contributed by atoms with Gasteiger partial charge < -0.3 is 14.4 Å². The zero-order valence-electron chi connectivity index (χ0n) is 20.1. The van der Waals surface area contributed by atoms with E-state index in [9.17, 15) is 0 Å². The lowest BCUT2D eigenvalue weighted by Crippen LogP contribution is -2.44. The van der Waals surface area contributed by atoms with Crippen LogP contribution < -0.4 is 4.90 Å². The molecule has 1 aromatic heterocycles. The molecule has 6 rings (SSSR count). The largest absolute Gasteiger partial charge is 0.369 e. The minimum absolute atomic E-state index is 0.556. The fraction of sp³-hybridized carbons (Fsp3) is 0.194. The Balaban J connectivity index is 1.63. The van der Waals surface area contributed by atoms with Gasteiger partial charge in [0.2, 0.25) is 0 Å². The molecule has 4 nitrogen and oxygen atoms in total. The molecule has 0 atom stereocenters. The number of aromatic nitrogens is 2. The summed E-state index contributed by atoms with van der Waals surface area (Å²) in [5, 5.41) is 0. The van der Waals surface area contributed by atoms with Gasteiger partial charge in [-0.3, -0.25) is 0 Å². The summed E-state index contributed by atoms with van der Waals surface area (Å²) < 4.78 is 2.38. The van der Waals surface area contributed by atoms with Crippen molar-refractivity contribution in [1.29, 1.82) is 0 Å². The predicted molar refractivity (Wildman–Crippen MR) is 144 cm³/mol. The fourth-order valence-corrected chi connectivity index (χ4v) is 5.48. The van der Waals surface area contributed by atoms with Crippen LogP contribution >= 0.6 is 0 Å². The van der Waals surface area contributed by atoms with Crippen molar-refractivity contribution >= 4 is 16.7 Å². The van der Waals surface area contributed by atoms with E-state index in [1.807, 2.05) is 6.33 Å². The molecule has 1 aliphatic rings. The molecule has 1 saturated heterocycles. The smallest absolute Gasteiger partial charge is 0.122 e. The SMILES string of the molecule is CN1CCN(c2ccc3ncn(C(c4ccccc4)(c4ccccc4)c4ccccc4)c3c2)CC1. The van der Waals surface area contributed by atoms with Crippen molar-refractivity contribution in [3.05, 3.63) is 132 Å². The fourth-order valence-electron chi connectivity index (χ4n) is 5.48. The molecule has 4 aromatic carbocycles. The molecular weight excluding hydrogens is 428 g/mol. The Morgan fingerprint density at radius 1 is 0.629 bits per heavy atom. The number of rotatable bonds is 5. The molecule has 35 heavy (non-hydrogen) atoms. The molecule has 0 amide bonds. The van der Waals surface area contributed by atoms with Crippen LogP contribution in [0.15, 0.2) is 116 Å². The maximum absolute atomic E-state index is 4.90. The van der Waals surface area contributed by atoms with Crippen LogP contribution in [0.4, 0.5) is 5.69 Å².